The van der Waals surface area contributed by atoms with E-state index in [1.165, 1.54) is 0 Å². The number of pyridine rings is 1. The summed E-state index contributed by atoms with van der Waals surface area (Å²) in [6.45, 7) is 4.88. The number of carbonyl (C=O) groups excluding carboxylic acids is 2. The van der Waals surface area contributed by atoms with Gasteiger partial charge in [0.1, 0.15) is 0 Å². The van der Waals surface area contributed by atoms with Crippen LogP contribution in [0.1, 0.15) is 48.7 Å². The first-order valence-electron chi connectivity index (χ1n) is 10.4. The van der Waals surface area contributed by atoms with Crippen LogP contribution in [0.25, 0.3) is 0 Å². The average Bonchev–Trinajstić information content (AvgIpc) is 2.79. The largest absolute Gasteiger partial charge is 0.493 e. The van der Waals surface area contributed by atoms with E-state index < -0.39 is 12.1 Å². The van der Waals surface area contributed by atoms with Crippen molar-refractivity contribution in [2.45, 2.75) is 38.7 Å². The summed E-state index contributed by atoms with van der Waals surface area (Å²) < 4.78 is 16.3. The molecule has 0 N–H and O–H groups in total. The van der Waals surface area contributed by atoms with Gasteiger partial charge in [-0.05, 0) is 44.9 Å². The molecule has 8 heteroatoms. The van der Waals surface area contributed by atoms with Crippen LogP contribution in [0, 0.1) is 0 Å². The normalized spacial score (nSPS) is 15.3. The molecule has 0 spiro atoms. The van der Waals surface area contributed by atoms with Gasteiger partial charge in [0, 0.05) is 25.2 Å². The third-order valence-corrected chi connectivity index (χ3v) is 5.50. The number of ether oxygens (including phenoxy) is 3. The molecular weight excluding hydrogens is 420 g/mol. The molecule has 1 aliphatic heterocycles. The fourth-order valence-electron chi connectivity index (χ4n) is 3.73. The first-order valence-corrected chi connectivity index (χ1v) is 10.7. The van der Waals surface area contributed by atoms with E-state index in [1.807, 2.05) is 12.1 Å². The van der Waals surface area contributed by atoms with Gasteiger partial charge >= 0.3 is 5.97 Å². The maximum Gasteiger partial charge on any atom is 0.340 e. The van der Waals surface area contributed by atoms with Crippen molar-refractivity contribution in [3.8, 4) is 11.5 Å². The summed E-state index contributed by atoms with van der Waals surface area (Å²) in [5, 5.41) is 0.390. The predicted octanol–water partition coefficient (Wildman–Crippen LogP) is 4.09. The summed E-state index contributed by atoms with van der Waals surface area (Å²) in [6, 6.07) is 8.85. The van der Waals surface area contributed by atoms with Crippen LogP contribution >= 0.6 is 11.6 Å². The Kier molecular flexibility index (Phi) is 7.74. The van der Waals surface area contributed by atoms with Crippen LogP contribution in [-0.4, -0.2) is 54.7 Å². The molecule has 0 unspecified atom stereocenters. The van der Waals surface area contributed by atoms with Crippen molar-refractivity contribution in [1.82, 2.24) is 9.88 Å². The summed E-state index contributed by atoms with van der Waals surface area (Å²) >= 11 is 6.04. The van der Waals surface area contributed by atoms with E-state index in [9.17, 15) is 9.59 Å². The Morgan fingerprint density at radius 2 is 1.90 bits per heavy atom. The molecule has 1 aliphatic rings. The molecule has 1 amide bonds. The number of esters is 1. The Morgan fingerprint density at radius 1 is 1.23 bits per heavy atom. The smallest absolute Gasteiger partial charge is 0.340 e. The zero-order chi connectivity index (χ0) is 22.4. The van der Waals surface area contributed by atoms with Crippen LogP contribution in [0.5, 0.6) is 11.5 Å². The number of likely N-dealkylation sites (tertiary alicyclic amines) is 1. The Morgan fingerprint density at radius 3 is 2.55 bits per heavy atom. The summed E-state index contributed by atoms with van der Waals surface area (Å²) in [5.41, 5.74) is 1.07. The lowest BCUT2D eigenvalue weighted by molar-refractivity contribution is -0.139. The van der Waals surface area contributed by atoms with Crippen LogP contribution in [0.15, 0.2) is 36.5 Å². The Bertz CT molecular complexity index is 928. The average molecular weight is 447 g/mol. The highest BCUT2D eigenvalue weighted by molar-refractivity contribution is 6.30. The van der Waals surface area contributed by atoms with Crippen molar-refractivity contribution in [1.29, 1.82) is 0 Å². The lowest BCUT2D eigenvalue weighted by Crippen LogP contribution is -2.44. The van der Waals surface area contributed by atoms with Crippen molar-refractivity contribution < 1.29 is 23.8 Å². The number of amides is 1. The number of methoxy groups -OCH3 is 1. The molecule has 1 saturated heterocycles. The van der Waals surface area contributed by atoms with Crippen molar-refractivity contribution in [2.24, 2.45) is 0 Å². The van der Waals surface area contributed by atoms with E-state index in [0.717, 1.165) is 0 Å². The maximum atomic E-state index is 12.9. The van der Waals surface area contributed by atoms with Gasteiger partial charge in [0.05, 0.1) is 30.0 Å². The van der Waals surface area contributed by atoms with Gasteiger partial charge in [-0.1, -0.05) is 23.7 Å². The minimum Gasteiger partial charge on any atom is -0.493 e. The van der Waals surface area contributed by atoms with Crippen LogP contribution in [0.2, 0.25) is 5.02 Å². The zero-order valence-electron chi connectivity index (χ0n) is 18.0. The molecule has 1 atom stereocenters. The second-order valence-corrected chi connectivity index (χ2v) is 7.75. The third kappa shape index (κ3) is 5.47. The molecule has 0 saturated carbocycles. The van der Waals surface area contributed by atoms with E-state index in [1.54, 1.807) is 50.3 Å². The molecule has 166 valence electrons. The van der Waals surface area contributed by atoms with Crippen LogP contribution in [0.3, 0.4) is 0 Å². The molecule has 31 heavy (non-hydrogen) atoms. The summed E-state index contributed by atoms with van der Waals surface area (Å²) in [4.78, 5) is 31.4. The third-order valence-electron chi connectivity index (χ3n) is 5.29. The highest BCUT2D eigenvalue weighted by Gasteiger charge is 2.31. The number of piperidine rings is 1. The second-order valence-electron chi connectivity index (χ2n) is 7.32. The zero-order valence-corrected chi connectivity index (χ0v) is 18.7. The predicted molar refractivity (Wildman–Crippen MR) is 117 cm³/mol. The van der Waals surface area contributed by atoms with E-state index >= 15 is 0 Å². The monoisotopic (exact) mass is 446 g/mol. The standard InChI is InChI=1S/C23H27ClN2O5/c1-4-30-23(28)18-13-17(24)14-25-21(18)16-9-11-26(12-10-16)22(27)15(2)31-20-8-6-5-7-19(20)29-3/h5-8,13-16H,4,9-12H2,1-3H3/t15-/m0/s1. The fourth-order valence-corrected chi connectivity index (χ4v) is 3.89. The van der Waals surface area contributed by atoms with E-state index in [2.05, 4.69) is 4.98 Å². The summed E-state index contributed by atoms with van der Waals surface area (Å²) in [5.74, 6) is 0.654. The SMILES string of the molecule is CCOC(=O)c1cc(Cl)cnc1C1CCN(C(=O)[C@H](C)Oc2ccccc2OC)CC1. The maximum absolute atomic E-state index is 12.9. The number of halogens is 1. The lowest BCUT2D eigenvalue weighted by Gasteiger charge is -2.33. The Labute approximate surface area is 187 Å². The second kappa shape index (κ2) is 10.5. The van der Waals surface area contributed by atoms with E-state index in [4.69, 9.17) is 25.8 Å². The fraction of sp³-hybridized carbons (Fsp3) is 0.435. The number of para-hydroxylation sites is 2. The molecule has 3 rings (SSSR count). The van der Waals surface area contributed by atoms with Gasteiger partial charge in [-0.25, -0.2) is 4.79 Å². The number of benzene rings is 1. The first-order chi connectivity index (χ1) is 14.9. The van der Waals surface area contributed by atoms with Gasteiger partial charge in [-0.15, -0.1) is 0 Å². The topological polar surface area (TPSA) is 78.0 Å². The van der Waals surface area contributed by atoms with Crippen molar-refractivity contribution in [3.63, 3.8) is 0 Å². The summed E-state index contributed by atoms with van der Waals surface area (Å²) in [7, 11) is 1.56. The molecular formula is C23H27ClN2O5. The van der Waals surface area contributed by atoms with Gasteiger partial charge in [0.25, 0.3) is 5.91 Å². The number of aromatic nitrogens is 1. The molecule has 1 aromatic carbocycles. The molecule has 0 bridgehead atoms. The highest BCUT2D eigenvalue weighted by Crippen LogP contribution is 2.32. The quantitative estimate of drug-likeness (QED) is 0.596. The molecule has 1 aromatic heterocycles. The molecule has 0 radical (unpaired) electrons. The molecule has 1 fully saturated rings. The minimum absolute atomic E-state index is 0.0474. The van der Waals surface area contributed by atoms with Gasteiger partial charge in [-0.2, -0.15) is 0 Å². The number of hydrogen-bond donors (Lipinski definition) is 0. The van der Waals surface area contributed by atoms with Crippen molar-refractivity contribution in [2.75, 3.05) is 26.8 Å². The first kappa shape index (κ1) is 22.9. The molecule has 2 aromatic rings. The van der Waals surface area contributed by atoms with Crippen molar-refractivity contribution >= 4 is 23.5 Å². The van der Waals surface area contributed by atoms with Gasteiger partial charge in [0.15, 0.2) is 17.6 Å². The molecule has 2 heterocycles. The van der Waals surface area contributed by atoms with Gasteiger partial charge in [-0.3, -0.25) is 9.78 Å². The van der Waals surface area contributed by atoms with Gasteiger partial charge < -0.3 is 19.1 Å². The van der Waals surface area contributed by atoms with Crippen LogP contribution in [0.4, 0.5) is 0 Å². The lowest BCUT2D eigenvalue weighted by atomic mass is 9.90. The number of carbonyl (C=O) groups is 2. The number of rotatable bonds is 7. The highest BCUT2D eigenvalue weighted by atomic mass is 35.5. The van der Waals surface area contributed by atoms with E-state index in [0.29, 0.717) is 53.7 Å². The molecule has 0 aliphatic carbocycles. The Hall–Kier alpha value is -2.80. The number of hydrogen-bond acceptors (Lipinski definition) is 6. The van der Waals surface area contributed by atoms with Crippen LogP contribution < -0.4 is 9.47 Å². The van der Waals surface area contributed by atoms with Crippen LogP contribution in [-0.2, 0) is 9.53 Å². The van der Waals surface area contributed by atoms with E-state index in [-0.39, 0.29) is 18.4 Å². The number of nitrogens with zero attached hydrogens (tertiary/aromatic N) is 2. The molecule has 7 nitrogen and oxygen atoms in total. The van der Waals surface area contributed by atoms with Gasteiger partial charge in [0.2, 0.25) is 0 Å². The summed E-state index contributed by atoms with van der Waals surface area (Å²) in [6.07, 6.45) is 2.28. The van der Waals surface area contributed by atoms with Crippen molar-refractivity contribution in [3.05, 3.63) is 52.8 Å². The Balaban J connectivity index is 1.64. The minimum atomic E-state index is -0.642.